The maximum Gasteiger partial charge on any atom is 0.245 e. The third-order valence-electron chi connectivity index (χ3n) is 8.54. The van der Waals surface area contributed by atoms with Crippen molar-refractivity contribution in [2.75, 3.05) is 0 Å². The molecule has 1 saturated heterocycles. The van der Waals surface area contributed by atoms with Crippen LogP contribution in [0.4, 0.5) is 0 Å². The lowest BCUT2D eigenvalue weighted by atomic mass is 10.0. The van der Waals surface area contributed by atoms with Crippen molar-refractivity contribution < 1.29 is 14.4 Å². The molecule has 2 aliphatic rings. The molecule has 3 atom stereocenters. The van der Waals surface area contributed by atoms with E-state index < -0.39 is 6.04 Å². The molecule has 9 nitrogen and oxygen atoms in total. The molecule has 3 heterocycles. The number of hydrogen-bond donors (Lipinski definition) is 1. The molecule has 2 amide bonds. The van der Waals surface area contributed by atoms with Crippen LogP contribution in [-0.4, -0.2) is 54.3 Å². The van der Waals surface area contributed by atoms with Gasteiger partial charge in [0.05, 0.1) is 5.52 Å². The van der Waals surface area contributed by atoms with Gasteiger partial charge in [-0.1, -0.05) is 36.8 Å². The van der Waals surface area contributed by atoms with Crippen LogP contribution in [0.25, 0.3) is 22.0 Å². The Morgan fingerprint density at radius 1 is 1.02 bits per heavy atom. The van der Waals surface area contributed by atoms with Crippen LogP contribution in [0, 0.1) is 26.2 Å². The maximum atomic E-state index is 13.9. The summed E-state index contributed by atoms with van der Waals surface area (Å²) in [6.45, 7) is 9.79. The van der Waals surface area contributed by atoms with Crippen LogP contribution in [0.5, 0.6) is 0 Å². The summed E-state index contributed by atoms with van der Waals surface area (Å²) in [5.41, 5.74) is 5.76. The Bertz CT molecular complexity index is 1710. The maximum absolute atomic E-state index is 13.9. The quantitative estimate of drug-likeness (QED) is 0.343. The molecule has 1 N–H and O–H groups in total. The van der Waals surface area contributed by atoms with Crippen molar-refractivity contribution in [2.45, 2.75) is 72.6 Å². The normalized spacial score (nSPS) is 21.1. The van der Waals surface area contributed by atoms with Crippen LogP contribution < -0.4 is 5.32 Å². The van der Waals surface area contributed by atoms with Crippen molar-refractivity contribution in [3.63, 3.8) is 0 Å². The third-order valence-corrected chi connectivity index (χ3v) is 8.54. The number of benzene rings is 2. The van der Waals surface area contributed by atoms with E-state index in [1.807, 2.05) is 57.2 Å². The largest absolute Gasteiger partial charge is 0.350 e. The first-order chi connectivity index (χ1) is 19.5. The third kappa shape index (κ3) is 4.90. The highest BCUT2D eigenvalue weighted by molar-refractivity contribution is 6.07. The van der Waals surface area contributed by atoms with Crippen LogP contribution in [0.2, 0.25) is 0 Å². The number of nitrogens with zero attached hydrogens (tertiary/aromatic N) is 5. The van der Waals surface area contributed by atoms with Crippen molar-refractivity contribution >= 4 is 28.5 Å². The number of ketones is 1. The number of Topliss-reactive ketones (excluding diaryl/α,β-unsaturated/α-hetero) is 1. The van der Waals surface area contributed by atoms with Crippen LogP contribution in [-0.2, 0) is 22.7 Å². The van der Waals surface area contributed by atoms with Crippen molar-refractivity contribution in [3.05, 3.63) is 77.0 Å². The summed E-state index contributed by atoms with van der Waals surface area (Å²) in [7, 11) is 0. The van der Waals surface area contributed by atoms with Crippen molar-refractivity contribution in [2.24, 2.45) is 5.41 Å². The van der Waals surface area contributed by atoms with E-state index in [0.717, 1.165) is 39.8 Å². The summed E-state index contributed by atoms with van der Waals surface area (Å²) in [5, 5.41) is 8.34. The predicted molar refractivity (Wildman–Crippen MR) is 155 cm³/mol. The van der Waals surface area contributed by atoms with Crippen molar-refractivity contribution in [1.82, 2.24) is 30.0 Å². The van der Waals surface area contributed by atoms with Gasteiger partial charge in [0.2, 0.25) is 11.8 Å². The average molecular weight is 551 g/mol. The SMILES string of the molecule is CC(=O)c1nn(CC(=O)N2[C@H](C(=O)NCc3cccc(C)c3)C[C@@]3(C)C[C@@H]23)c2c(C)cc(-c3cnc(C)nc3)cc12. The molecule has 0 spiro atoms. The van der Waals surface area contributed by atoms with E-state index in [0.29, 0.717) is 29.9 Å². The van der Waals surface area contributed by atoms with Gasteiger partial charge in [-0.05, 0) is 67.9 Å². The Morgan fingerprint density at radius 2 is 1.78 bits per heavy atom. The minimum atomic E-state index is -0.528. The lowest BCUT2D eigenvalue weighted by Gasteiger charge is -2.27. The molecule has 2 aromatic carbocycles. The lowest BCUT2D eigenvalue weighted by molar-refractivity contribution is -0.140. The van der Waals surface area contributed by atoms with Crippen LogP contribution in [0.15, 0.2) is 48.8 Å². The second-order valence-corrected chi connectivity index (χ2v) is 11.9. The molecule has 1 aliphatic carbocycles. The molecule has 1 aliphatic heterocycles. The molecule has 6 rings (SSSR count). The zero-order valence-corrected chi connectivity index (χ0v) is 24.1. The van der Waals surface area contributed by atoms with E-state index in [-0.39, 0.29) is 35.6 Å². The zero-order valence-electron chi connectivity index (χ0n) is 24.1. The first kappa shape index (κ1) is 26.8. The summed E-state index contributed by atoms with van der Waals surface area (Å²) in [5.74, 6) is 0.200. The number of aryl methyl sites for hydroxylation is 3. The Kier molecular flexibility index (Phi) is 6.47. The van der Waals surface area contributed by atoms with E-state index in [1.165, 1.54) is 6.92 Å². The number of piperidine rings is 1. The number of amides is 2. The number of aromatic nitrogens is 4. The highest BCUT2D eigenvalue weighted by Gasteiger charge is 2.64. The second kappa shape index (κ2) is 9.90. The highest BCUT2D eigenvalue weighted by Crippen LogP contribution is 2.59. The molecule has 2 fully saturated rings. The van der Waals surface area contributed by atoms with Crippen molar-refractivity contribution in [3.8, 4) is 11.1 Å². The predicted octanol–water partition coefficient (Wildman–Crippen LogP) is 4.32. The van der Waals surface area contributed by atoms with Gasteiger partial charge < -0.3 is 10.2 Å². The monoisotopic (exact) mass is 550 g/mol. The van der Waals surface area contributed by atoms with E-state index in [4.69, 9.17) is 0 Å². The number of rotatable bonds is 7. The summed E-state index contributed by atoms with van der Waals surface area (Å²) in [6.07, 6.45) is 5.05. The van der Waals surface area contributed by atoms with Crippen molar-refractivity contribution in [1.29, 1.82) is 0 Å². The number of hydrogen-bond acceptors (Lipinski definition) is 6. The van der Waals surface area contributed by atoms with Gasteiger partial charge in [0.1, 0.15) is 24.1 Å². The zero-order chi connectivity index (χ0) is 29.1. The Morgan fingerprint density at radius 3 is 2.49 bits per heavy atom. The first-order valence-electron chi connectivity index (χ1n) is 14.0. The summed E-state index contributed by atoms with van der Waals surface area (Å²) in [4.78, 5) is 50.2. The highest BCUT2D eigenvalue weighted by atomic mass is 16.2. The number of nitrogens with one attached hydrogen (secondary N) is 1. The fraction of sp³-hybridized carbons (Fsp3) is 0.375. The van der Waals surface area contributed by atoms with Gasteiger partial charge in [-0.3, -0.25) is 19.1 Å². The second-order valence-electron chi connectivity index (χ2n) is 11.9. The Labute approximate surface area is 239 Å². The fourth-order valence-corrected chi connectivity index (χ4v) is 6.31. The van der Waals surface area contributed by atoms with Gasteiger partial charge in [0.25, 0.3) is 0 Å². The van der Waals surface area contributed by atoms with Gasteiger partial charge in [0, 0.05) is 42.9 Å². The molecular formula is C32H34N6O3. The fourth-order valence-electron chi connectivity index (χ4n) is 6.31. The standard InChI is InChI=1S/C32H34N6O3/c1-18-7-6-8-22(9-18)14-35-31(41)26-12-32(5)13-27(32)38(26)28(40)17-37-30-19(2)10-23(24-15-33-21(4)34-16-24)11-25(30)29(36-37)20(3)39/h6-11,15-16,26-27H,12-14,17H2,1-5H3,(H,35,41)/t26-,27+,32-/m0/s1. The smallest absolute Gasteiger partial charge is 0.245 e. The molecular weight excluding hydrogens is 516 g/mol. The van der Waals surface area contributed by atoms with Crippen LogP contribution in [0.1, 0.15) is 59.7 Å². The number of fused-ring (bicyclic) bond motifs is 2. The number of likely N-dealkylation sites (tertiary alicyclic amines) is 1. The molecule has 2 aromatic heterocycles. The first-order valence-corrected chi connectivity index (χ1v) is 14.0. The summed E-state index contributed by atoms with van der Waals surface area (Å²) >= 11 is 0. The lowest BCUT2D eigenvalue weighted by Crippen LogP contribution is -2.48. The minimum absolute atomic E-state index is 0.0352. The molecule has 9 heteroatoms. The average Bonchev–Trinajstić information content (AvgIpc) is 3.28. The van der Waals surface area contributed by atoms with Gasteiger partial charge in [-0.25, -0.2) is 9.97 Å². The van der Waals surface area contributed by atoms with Crippen LogP contribution >= 0.6 is 0 Å². The molecule has 4 aromatic rings. The Balaban J connectivity index is 1.28. The van der Waals surface area contributed by atoms with E-state index >= 15 is 0 Å². The van der Waals surface area contributed by atoms with Gasteiger partial charge in [-0.2, -0.15) is 5.10 Å². The van der Waals surface area contributed by atoms with Crippen LogP contribution in [0.3, 0.4) is 0 Å². The summed E-state index contributed by atoms with van der Waals surface area (Å²) < 4.78 is 1.62. The minimum Gasteiger partial charge on any atom is -0.350 e. The van der Waals surface area contributed by atoms with E-state index in [9.17, 15) is 14.4 Å². The van der Waals surface area contributed by atoms with Gasteiger partial charge in [-0.15, -0.1) is 0 Å². The molecule has 210 valence electrons. The summed E-state index contributed by atoms with van der Waals surface area (Å²) in [6, 6.07) is 11.4. The number of carbonyl (C=O) groups is 3. The Hall–Kier alpha value is -4.40. The molecule has 0 radical (unpaired) electrons. The van der Waals surface area contributed by atoms with E-state index in [2.05, 4.69) is 27.3 Å². The topological polar surface area (TPSA) is 110 Å². The molecule has 0 unspecified atom stereocenters. The van der Waals surface area contributed by atoms with Gasteiger partial charge >= 0.3 is 0 Å². The van der Waals surface area contributed by atoms with E-state index in [1.54, 1.807) is 22.0 Å². The van der Waals surface area contributed by atoms with Gasteiger partial charge in [0.15, 0.2) is 5.78 Å². The molecule has 1 saturated carbocycles. The molecule has 41 heavy (non-hydrogen) atoms. The molecule has 0 bridgehead atoms. The number of carbonyl (C=O) groups excluding carboxylic acids is 3.